The normalized spacial score (nSPS) is 15.9. The molecule has 1 N–H and O–H groups in total. The van der Waals surface area contributed by atoms with E-state index in [1.54, 1.807) is 0 Å². The molecule has 1 saturated carbocycles. The highest BCUT2D eigenvalue weighted by Gasteiger charge is 2.25. The maximum Gasteiger partial charge on any atom is 0.227 e. The fourth-order valence-electron chi connectivity index (χ4n) is 2.51. The molecule has 6 heteroatoms. The van der Waals surface area contributed by atoms with Gasteiger partial charge in [-0.05, 0) is 26.7 Å². The first-order valence-electron chi connectivity index (χ1n) is 7.23. The van der Waals surface area contributed by atoms with E-state index in [1.807, 2.05) is 32.8 Å². The molecule has 6 nitrogen and oxygen atoms in total. The van der Waals surface area contributed by atoms with Gasteiger partial charge >= 0.3 is 0 Å². The predicted octanol–water partition coefficient (Wildman–Crippen LogP) is 1.86. The zero-order valence-electron chi connectivity index (χ0n) is 13.1. The Morgan fingerprint density at radius 1 is 1.14 bits per heavy atom. The largest absolute Gasteiger partial charge is 0.347 e. The number of nitrogens with zero attached hydrogens (tertiary/aromatic N) is 3. The average molecular weight is 290 g/mol. The first-order valence-corrected chi connectivity index (χ1v) is 7.23. The van der Waals surface area contributed by atoms with Gasteiger partial charge in [0.05, 0.1) is 17.1 Å². The first kappa shape index (κ1) is 15.4. The summed E-state index contributed by atoms with van der Waals surface area (Å²) in [6, 6.07) is 0. The Labute approximate surface area is 125 Å². The molecule has 1 aliphatic rings. The minimum absolute atomic E-state index is 0.0325. The van der Waals surface area contributed by atoms with E-state index < -0.39 is 0 Å². The van der Waals surface area contributed by atoms with Crippen LogP contribution >= 0.6 is 0 Å². The molecule has 2 rings (SSSR count). The fourth-order valence-corrected chi connectivity index (χ4v) is 2.51. The van der Waals surface area contributed by atoms with Gasteiger partial charge in [0.15, 0.2) is 0 Å². The second-order valence-corrected chi connectivity index (χ2v) is 5.77. The second kappa shape index (κ2) is 6.20. The lowest BCUT2D eigenvalue weighted by atomic mass is 9.88. The molecule has 0 aromatic carbocycles. The lowest BCUT2D eigenvalue weighted by molar-refractivity contribution is -0.125. The molecule has 1 fully saturated rings. The number of carbonyl (C=O) groups is 2. The van der Waals surface area contributed by atoms with Gasteiger partial charge in [-0.15, -0.1) is 0 Å². The van der Waals surface area contributed by atoms with Crippen molar-refractivity contribution in [3.63, 3.8) is 0 Å². The third-order valence-electron chi connectivity index (χ3n) is 3.82. The zero-order valence-corrected chi connectivity index (χ0v) is 13.1. The van der Waals surface area contributed by atoms with Crippen molar-refractivity contribution in [3.8, 4) is 0 Å². The van der Waals surface area contributed by atoms with Gasteiger partial charge in [-0.25, -0.2) is 9.97 Å². The van der Waals surface area contributed by atoms with Gasteiger partial charge in [0, 0.05) is 32.9 Å². The molecule has 1 amide bonds. The Balaban J connectivity index is 2.12. The van der Waals surface area contributed by atoms with Crippen LogP contribution in [0.2, 0.25) is 0 Å². The van der Waals surface area contributed by atoms with Crippen LogP contribution in [0.3, 0.4) is 0 Å². The lowest BCUT2D eigenvalue weighted by Crippen LogP contribution is -2.28. The second-order valence-electron chi connectivity index (χ2n) is 5.77. The van der Waals surface area contributed by atoms with E-state index in [2.05, 4.69) is 15.3 Å². The number of hydrogen-bond acceptors (Lipinski definition) is 5. The Bertz CT molecular complexity index is 536. The van der Waals surface area contributed by atoms with Crippen LogP contribution in [0.25, 0.3) is 0 Å². The summed E-state index contributed by atoms with van der Waals surface area (Å²) in [7, 11) is 3.76. The number of nitrogens with one attached hydrogen (secondary N) is 1. The monoisotopic (exact) mass is 290 g/mol. The summed E-state index contributed by atoms with van der Waals surface area (Å²) < 4.78 is 0. The van der Waals surface area contributed by atoms with Crippen LogP contribution in [0.1, 0.15) is 37.1 Å². The summed E-state index contributed by atoms with van der Waals surface area (Å²) in [5.41, 5.74) is 2.19. The quantitative estimate of drug-likeness (QED) is 0.919. The fraction of sp³-hybridized carbons (Fsp3) is 0.600. The van der Waals surface area contributed by atoms with E-state index in [4.69, 9.17) is 0 Å². The van der Waals surface area contributed by atoms with Crippen molar-refractivity contribution < 1.29 is 9.59 Å². The molecule has 1 aromatic heterocycles. The van der Waals surface area contributed by atoms with Crippen LogP contribution in [0.4, 0.5) is 11.6 Å². The van der Waals surface area contributed by atoms with Gasteiger partial charge in [0.2, 0.25) is 11.9 Å². The number of aromatic nitrogens is 2. The van der Waals surface area contributed by atoms with Gasteiger partial charge in [0.1, 0.15) is 5.78 Å². The molecular weight excluding hydrogens is 268 g/mol. The third kappa shape index (κ3) is 3.56. The Morgan fingerprint density at radius 3 is 2.14 bits per heavy atom. The number of carbonyl (C=O) groups excluding carboxylic acids is 2. The van der Waals surface area contributed by atoms with E-state index in [-0.39, 0.29) is 17.6 Å². The van der Waals surface area contributed by atoms with Gasteiger partial charge in [0.25, 0.3) is 0 Å². The maximum absolute atomic E-state index is 12.3. The molecule has 0 unspecified atom stereocenters. The standard InChI is InChI=1S/C15H22N4O2/c1-9-13(10(2)17-15(16-9)19(3)4)18-14(21)11-5-7-12(20)8-6-11/h11H,5-8H2,1-4H3,(H,18,21). The highest BCUT2D eigenvalue weighted by Crippen LogP contribution is 2.25. The molecule has 1 heterocycles. The summed E-state index contributed by atoms with van der Waals surface area (Å²) >= 11 is 0. The van der Waals surface area contributed by atoms with Gasteiger partial charge in [-0.3, -0.25) is 9.59 Å². The van der Waals surface area contributed by atoms with Crippen molar-refractivity contribution in [2.45, 2.75) is 39.5 Å². The number of rotatable bonds is 3. The van der Waals surface area contributed by atoms with E-state index in [9.17, 15) is 9.59 Å². The van der Waals surface area contributed by atoms with E-state index in [0.29, 0.717) is 37.3 Å². The SMILES string of the molecule is Cc1nc(N(C)C)nc(C)c1NC(=O)C1CCC(=O)CC1. The van der Waals surface area contributed by atoms with Crippen molar-refractivity contribution >= 4 is 23.3 Å². The van der Waals surface area contributed by atoms with Crippen molar-refractivity contribution in [1.82, 2.24) is 9.97 Å². The summed E-state index contributed by atoms with van der Waals surface area (Å²) in [4.78, 5) is 34.2. The van der Waals surface area contributed by atoms with Gasteiger partial charge < -0.3 is 10.2 Å². The lowest BCUT2D eigenvalue weighted by Gasteiger charge is -2.21. The highest BCUT2D eigenvalue weighted by atomic mass is 16.2. The molecule has 0 radical (unpaired) electrons. The molecular formula is C15H22N4O2. The summed E-state index contributed by atoms with van der Waals surface area (Å²) in [5.74, 6) is 0.765. The first-order chi connectivity index (χ1) is 9.88. The van der Waals surface area contributed by atoms with Crippen LogP contribution in [0, 0.1) is 19.8 Å². The van der Waals surface area contributed by atoms with Gasteiger partial charge in [-0.2, -0.15) is 0 Å². The van der Waals surface area contributed by atoms with E-state index >= 15 is 0 Å². The molecule has 0 bridgehead atoms. The number of amides is 1. The smallest absolute Gasteiger partial charge is 0.227 e. The Morgan fingerprint density at radius 2 is 1.67 bits per heavy atom. The number of aryl methyl sites for hydroxylation is 2. The summed E-state index contributed by atoms with van der Waals surface area (Å²) in [6.45, 7) is 3.73. The van der Waals surface area contributed by atoms with Gasteiger partial charge in [-0.1, -0.05) is 0 Å². The minimum Gasteiger partial charge on any atom is -0.347 e. The number of hydrogen-bond donors (Lipinski definition) is 1. The van der Waals surface area contributed by atoms with Crippen molar-refractivity contribution in [1.29, 1.82) is 0 Å². The van der Waals surface area contributed by atoms with Crippen LogP contribution in [-0.4, -0.2) is 35.8 Å². The molecule has 1 aliphatic carbocycles. The predicted molar refractivity (Wildman–Crippen MR) is 81.4 cm³/mol. The Kier molecular flexibility index (Phi) is 4.55. The molecule has 0 saturated heterocycles. The average Bonchev–Trinajstić information content (AvgIpc) is 2.43. The van der Waals surface area contributed by atoms with Crippen LogP contribution in [-0.2, 0) is 9.59 Å². The molecule has 0 aliphatic heterocycles. The van der Waals surface area contributed by atoms with E-state index in [1.165, 1.54) is 0 Å². The topological polar surface area (TPSA) is 75.2 Å². The number of Topliss-reactive ketones (excluding diaryl/α,β-unsaturated/α-hetero) is 1. The zero-order chi connectivity index (χ0) is 15.6. The molecule has 1 aromatic rings. The highest BCUT2D eigenvalue weighted by molar-refractivity contribution is 5.95. The summed E-state index contributed by atoms with van der Waals surface area (Å²) in [5, 5.41) is 2.94. The van der Waals surface area contributed by atoms with E-state index in [0.717, 1.165) is 11.4 Å². The van der Waals surface area contributed by atoms with Crippen LogP contribution < -0.4 is 10.2 Å². The minimum atomic E-state index is -0.0879. The Hall–Kier alpha value is -1.98. The number of ketones is 1. The molecule has 0 spiro atoms. The molecule has 0 atom stereocenters. The van der Waals surface area contributed by atoms with Crippen LogP contribution in [0.5, 0.6) is 0 Å². The molecule has 21 heavy (non-hydrogen) atoms. The van der Waals surface area contributed by atoms with Crippen LogP contribution in [0.15, 0.2) is 0 Å². The third-order valence-corrected chi connectivity index (χ3v) is 3.82. The van der Waals surface area contributed by atoms with Crippen molar-refractivity contribution in [2.24, 2.45) is 5.92 Å². The van der Waals surface area contributed by atoms with Crippen molar-refractivity contribution in [3.05, 3.63) is 11.4 Å². The van der Waals surface area contributed by atoms with Crippen molar-refractivity contribution in [2.75, 3.05) is 24.3 Å². The maximum atomic E-state index is 12.3. The summed E-state index contributed by atoms with van der Waals surface area (Å²) in [6.07, 6.45) is 2.29. The number of anilines is 2. The molecule has 114 valence electrons.